The molecule has 0 heterocycles. The van der Waals surface area contributed by atoms with E-state index in [0.29, 0.717) is 46.6 Å². The lowest BCUT2D eigenvalue weighted by atomic mass is 9.62. The molecule has 3 aromatic carbocycles. The molecule has 0 saturated heterocycles. The first-order valence-electron chi connectivity index (χ1n) is 20.8. The Morgan fingerprint density at radius 1 is 0.648 bits per heavy atom. The highest BCUT2D eigenvalue weighted by Gasteiger charge is 2.62. The van der Waals surface area contributed by atoms with Crippen LogP contribution in [0.1, 0.15) is 116 Å². The van der Waals surface area contributed by atoms with Gasteiger partial charge < -0.3 is 4.74 Å². The van der Waals surface area contributed by atoms with Gasteiger partial charge in [-0.2, -0.15) is 8.78 Å². The van der Waals surface area contributed by atoms with Crippen LogP contribution in [0, 0.1) is 76.4 Å². The van der Waals surface area contributed by atoms with Gasteiger partial charge in [-0.15, -0.1) is 0 Å². The Labute approximate surface area is 321 Å². The van der Waals surface area contributed by atoms with Gasteiger partial charge in [0.15, 0.2) is 5.75 Å². The average Bonchev–Trinajstić information content (AvgIpc) is 3.67. The van der Waals surface area contributed by atoms with Crippen molar-refractivity contribution in [3.8, 4) is 5.75 Å². The van der Waals surface area contributed by atoms with Crippen molar-refractivity contribution in [2.24, 2.45) is 47.3 Å². The van der Waals surface area contributed by atoms with Gasteiger partial charge in [-0.3, -0.25) is 0 Å². The second kappa shape index (κ2) is 14.7. The van der Waals surface area contributed by atoms with E-state index in [-0.39, 0.29) is 29.1 Å². The summed E-state index contributed by atoms with van der Waals surface area (Å²) in [6.07, 6.45) is 6.18. The van der Waals surface area contributed by atoms with Gasteiger partial charge in [0.25, 0.3) is 0 Å². The van der Waals surface area contributed by atoms with Crippen molar-refractivity contribution in [3.63, 3.8) is 0 Å². The summed E-state index contributed by atoms with van der Waals surface area (Å²) in [6, 6.07) is 19.6. The van der Waals surface area contributed by atoms with Gasteiger partial charge in [-0.1, -0.05) is 129 Å². The van der Waals surface area contributed by atoms with Crippen LogP contribution in [-0.2, 0) is 5.41 Å². The molecule has 4 aliphatic rings. The summed E-state index contributed by atoms with van der Waals surface area (Å²) in [5.74, 6) is -7.62. The molecule has 4 saturated carbocycles. The number of hydrogen-bond donors (Lipinski definition) is 0. The smallest absolute Gasteiger partial charge is 0.207 e. The SMILES string of the molecule is CC(C)C1CC2C(CC(C)C2[Si](C)(C)C2C(C)CC3C(c4ccc(C(C)(C)C)cc4)CCCC32)C(c2ccccc2)C1Oc1c(F)c(F)c(F)c(F)c1F. The molecular formula is C47H61F5OSi. The van der Waals surface area contributed by atoms with Gasteiger partial charge in [0.2, 0.25) is 29.1 Å². The zero-order chi connectivity index (χ0) is 39.0. The van der Waals surface area contributed by atoms with Crippen molar-refractivity contribution >= 4 is 8.07 Å². The summed E-state index contributed by atoms with van der Waals surface area (Å²) in [5.41, 5.74) is 5.31. The van der Waals surface area contributed by atoms with Crippen LogP contribution in [0.25, 0.3) is 0 Å². The van der Waals surface area contributed by atoms with Crippen molar-refractivity contribution in [2.45, 2.75) is 135 Å². The molecule has 3 aromatic rings. The molecule has 4 fully saturated rings. The highest BCUT2D eigenvalue weighted by molar-refractivity contribution is 6.80. The normalized spacial score (nSPS) is 34.2. The molecule has 294 valence electrons. The van der Waals surface area contributed by atoms with Gasteiger partial charge >= 0.3 is 0 Å². The second-order valence-corrected chi connectivity index (χ2v) is 24.9. The van der Waals surface area contributed by atoms with E-state index in [9.17, 15) is 13.2 Å². The summed E-state index contributed by atoms with van der Waals surface area (Å²) >= 11 is 0. The Morgan fingerprint density at radius 3 is 1.78 bits per heavy atom. The van der Waals surface area contributed by atoms with Crippen molar-refractivity contribution < 1.29 is 26.7 Å². The van der Waals surface area contributed by atoms with Crippen LogP contribution in [0.15, 0.2) is 54.6 Å². The third-order valence-corrected chi connectivity index (χ3v) is 20.7. The number of rotatable bonds is 7. The number of halogens is 5. The van der Waals surface area contributed by atoms with Crippen LogP contribution in [0.4, 0.5) is 22.0 Å². The van der Waals surface area contributed by atoms with E-state index in [1.54, 1.807) is 0 Å². The Balaban J connectivity index is 1.23. The molecule has 0 aliphatic heterocycles. The molecule has 7 rings (SSSR count). The number of hydrogen-bond acceptors (Lipinski definition) is 1. The van der Waals surface area contributed by atoms with E-state index in [2.05, 4.69) is 98.0 Å². The van der Waals surface area contributed by atoms with Crippen LogP contribution in [0.5, 0.6) is 5.75 Å². The fourth-order valence-electron chi connectivity index (χ4n) is 13.4. The van der Waals surface area contributed by atoms with Crippen LogP contribution in [0.3, 0.4) is 0 Å². The van der Waals surface area contributed by atoms with E-state index >= 15 is 8.78 Å². The summed E-state index contributed by atoms with van der Waals surface area (Å²) in [7, 11) is -1.98. The molecule has 54 heavy (non-hydrogen) atoms. The Morgan fingerprint density at radius 2 is 1.20 bits per heavy atom. The Hall–Kier alpha value is -2.67. The third kappa shape index (κ3) is 6.68. The molecule has 0 amide bonds. The summed E-state index contributed by atoms with van der Waals surface area (Å²) in [4.78, 5) is 0. The quantitative estimate of drug-likeness (QED) is 0.101. The van der Waals surface area contributed by atoms with E-state index in [0.717, 1.165) is 18.4 Å². The zero-order valence-corrected chi connectivity index (χ0v) is 34.7. The maximum atomic E-state index is 15.3. The average molecular weight is 765 g/mol. The first-order chi connectivity index (χ1) is 25.4. The molecule has 0 spiro atoms. The highest BCUT2D eigenvalue weighted by Crippen LogP contribution is 2.68. The fourth-order valence-corrected chi connectivity index (χ4v) is 20.1. The molecule has 7 heteroatoms. The number of fused-ring (bicyclic) bond motifs is 2. The highest BCUT2D eigenvalue weighted by atomic mass is 28.3. The maximum Gasteiger partial charge on any atom is 0.207 e. The lowest BCUT2D eigenvalue weighted by Gasteiger charge is -2.52. The predicted octanol–water partition coefficient (Wildman–Crippen LogP) is 13.8. The largest absolute Gasteiger partial charge is 0.483 e. The van der Waals surface area contributed by atoms with Crippen LogP contribution in [-0.4, -0.2) is 14.2 Å². The minimum atomic E-state index is -2.16. The van der Waals surface area contributed by atoms with Crippen molar-refractivity contribution in [1.82, 2.24) is 0 Å². The first-order valence-corrected chi connectivity index (χ1v) is 23.9. The lowest BCUT2D eigenvalue weighted by molar-refractivity contribution is -0.00667. The molecule has 0 aromatic heterocycles. The van der Waals surface area contributed by atoms with Crippen LogP contribution >= 0.6 is 0 Å². The van der Waals surface area contributed by atoms with Gasteiger partial charge in [0.05, 0.1) is 8.07 Å². The molecular weight excluding hydrogens is 704 g/mol. The standard InChI is InChI=1S/C47H61F5OSi/c1-25(2)33-24-36-35(37(29-14-11-10-12-15-29)43(33)53-44-41(51)39(49)38(48)40(50)42(44)52)23-27(4)46(36)54(8,9)45-26(3)22-34-31(16-13-17-32(34)45)28-18-20-30(21-19-28)47(5,6)7/h10-12,14-15,18-21,25-27,31-37,43,45-46H,13,16-17,22-24H2,1-9H3. The van der Waals surface area contributed by atoms with Crippen molar-refractivity contribution in [2.75, 3.05) is 0 Å². The van der Waals surface area contributed by atoms with Crippen LogP contribution in [0.2, 0.25) is 24.2 Å². The Kier molecular flexibility index (Phi) is 10.8. The Bertz CT molecular complexity index is 1770. The van der Waals surface area contributed by atoms with Gasteiger partial charge in [-0.05, 0) is 112 Å². The molecule has 0 bridgehead atoms. The number of ether oxygens (including phenoxy) is 1. The van der Waals surface area contributed by atoms with Crippen molar-refractivity contribution in [1.29, 1.82) is 0 Å². The maximum absolute atomic E-state index is 15.3. The van der Waals surface area contributed by atoms with E-state index in [4.69, 9.17) is 4.74 Å². The van der Waals surface area contributed by atoms with E-state index in [1.165, 1.54) is 36.8 Å². The van der Waals surface area contributed by atoms with E-state index in [1.807, 2.05) is 18.2 Å². The molecule has 0 radical (unpaired) electrons. The summed E-state index contributed by atoms with van der Waals surface area (Å²) in [6.45, 7) is 21.4. The van der Waals surface area contributed by atoms with Gasteiger partial charge in [0, 0.05) is 5.92 Å². The van der Waals surface area contributed by atoms with Crippen molar-refractivity contribution in [3.05, 3.63) is 100 Å². The van der Waals surface area contributed by atoms with Gasteiger partial charge in [0.1, 0.15) is 6.10 Å². The summed E-state index contributed by atoms with van der Waals surface area (Å²) in [5, 5.41) is 0. The topological polar surface area (TPSA) is 9.23 Å². The zero-order valence-electron chi connectivity index (χ0n) is 33.7. The lowest BCUT2D eigenvalue weighted by Crippen LogP contribution is -2.51. The minimum Gasteiger partial charge on any atom is -0.483 e. The fraction of sp³-hybridized carbons (Fsp3) is 0.617. The first kappa shape index (κ1) is 39.6. The molecule has 0 N–H and O–H groups in total. The third-order valence-electron chi connectivity index (χ3n) is 15.3. The summed E-state index contributed by atoms with van der Waals surface area (Å²) < 4.78 is 79.9. The molecule has 1 nitrogen and oxygen atoms in total. The second-order valence-electron chi connectivity index (χ2n) is 19.9. The van der Waals surface area contributed by atoms with E-state index < -0.39 is 49.0 Å². The monoisotopic (exact) mass is 764 g/mol. The predicted molar refractivity (Wildman–Crippen MR) is 211 cm³/mol. The molecule has 12 atom stereocenters. The molecule has 12 unspecified atom stereocenters. The minimum absolute atomic E-state index is 0.0725. The molecule has 4 aliphatic carbocycles. The van der Waals surface area contributed by atoms with Gasteiger partial charge in [-0.25, -0.2) is 13.2 Å². The number of benzene rings is 3. The van der Waals surface area contributed by atoms with Crippen LogP contribution < -0.4 is 4.74 Å².